The van der Waals surface area contributed by atoms with Crippen molar-refractivity contribution >= 4 is 28.5 Å². The Labute approximate surface area is 178 Å². The smallest absolute Gasteiger partial charge is 0.235 e. The van der Waals surface area contributed by atoms with Crippen molar-refractivity contribution in [3.8, 4) is 0 Å². The Hall–Kier alpha value is -3.39. The molecule has 8 nitrogen and oxygen atoms in total. The van der Waals surface area contributed by atoms with E-state index in [-0.39, 0.29) is 17.9 Å². The van der Waals surface area contributed by atoms with Crippen LogP contribution in [0.15, 0.2) is 53.2 Å². The van der Waals surface area contributed by atoms with Crippen LogP contribution in [0.25, 0.3) is 10.9 Å². The summed E-state index contributed by atoms with van der Waals surface area (Å²) in [6.45, 7) is 2.62. The van der Waals surface area contributed by atoms with E-state index in [2.05, 4.69) is 21.5 Å². The highest BCUT2D eigenvalue weighted by atomic mass is 16.5. The molecular formula is C23H22N4O4. The van der Waals surface area contributed by atoms with Gasteiger partial charge in [0.25, 0.3) is 0 Å². The van der Waals surface area contributed by atoms with Gasteiger partial charge in [0.2, 0.25) is 11.8 Å². The molecular weight excluding hydrogens is 396 g/mol. The van der Waals surface area contributed by atoms with Crippen molar-refractivity contribution < 1.29 is 18.8 Å². The zero-order valence-corrected chi connectivity index (χ0v) is 17.0. The van der Waals surface area contributed by atoms with Crippen LogP contribution in [-0.2, 0) is 20.7 Å². The lowest BCUT2D eigenvalue weighted by Crippen LogP contribution is -2.44. The number of ether oxygens (including phenoxy) is 1. The molecule has 3 aromatic rings. The second-order valence-electron chi connectivity index (χ2n) is 8.52. The zero-order chi connectivity index (χ0) is 21.2. The van der Waals surface area contributed by atoms with Crippen LogP contribution in [-0.4, -0.2) is 46.7 Å². The largest absolute Gasteiger partial charge is 0.361 e. The van der Waals surface area contributed by atoms with E-state index in [0.29, 0.717) is 31.1 Å². The van der Waals surface area contributed by atoms with Crippen LogP contribution in [0.3, 0.4) is 0 Å². The van der Waals surface area contributed by atoms with E-state index in [1.54, 1.807) is 17.9 Å². The van der Waals surface area contributed by atoms with E-state index >= 15 is 0 Å². The number of H-pyrrole nitrogens is 1. The van der Waals surface area contributed by atoms with Crippen LogP contribution in [0.4, 0.5) is 5.82 Å². The maximum absolute atomic E-state index is 13.2. The van der Waals surface area contributed by atoms with Crippen LogP contribution in [0.5, 0.6) is 0 Å². The van der Waals surface area contributed by atoms with E-state index in [9.17, 15) is 9.59 Å². The Morgan fingerprint density at radius 1 is 1.39 bits per heavy atom. The van der Waals surface area contributed by atoms with Gasteiger partial charge in [0, 0.05) is 29.7 Å². The number of hydrogen-bond acceptors (Lipinski definition) is 5. The Morgan fingerprint density at radius 3 is 3.10 bits per heavy atom. The van der Waals surface area contributed by atoms with Gasteiger partial charge in [-0.3, -0.25) is 14.5 Å². The number of hydrogen-bond donors (Lipinski definition) is 2. The number of anilines is 1. The lowest BCUT2D eigenvalue weighted by Gasteiger charge is -2.23. The highest BCUT2D eigenvalue weighted by Gasteiger charge is 2.67. The molecule has 158 valence electrons. The van der Waals surface area contributed by atoms with Crippen LogP contribution in [0.1, 0.15) is 11.3 Å². The molecule has 1 spiro atoms. The third-order valence-corrected chi connectivity index (χ3v) is 6.66. The number of aromatic nitrogens is 2. The van der Waals surface area contributed by atoms with Crippen molar-refractivity contribution in [2.45, 2.75) is 25.0 Å². The van der Waals surface area contributed by atoms with E-state index in [4.69, 9.17) is 9.26 Å². The minimum atomic E-state index is -0.770. The SMILES string of the molecule is Cc1cc(N2C[C@]34C=CC(O3)C(C(=O)NCCc3c[nH]c5ccccc35)C4C2=O)no1. The number of amides is 2. The predicted molar refractivity (Wildman–Crippen MR) is 112 cm³/mol. The summed E-state index contributed by atoms with van der Waals surface area (Å²) in [4.78, 5) is 31.2. The zero-order valence-electron chi connectivity index (χ0n) is 17.0. The first-order valence-electron chi connectivity index (χ1n) is 10.5. The topological polar surface area (TPSA) is 100 Å². The lowest BCUT2D eigenvalue weighted by atomic mass is 9.77. The Morgan fingerprint density at radius 2 is 2.26 bits per heavy atom. The Kier molecular flexibility index (Phi) is 3.89. The molecule has 2 N–H and O–H groups in total. The summed E-state index contributed by atoms with van der Waals surface area (Å²) in [5, 5.41) is 8.16. The molecule has 31 heavy (non-hydrogen) atoms. The van der Waals surface area contributed by atoms with E-state index in [0.717, 1.165) is 16.5 Å². The molecule has 2 amide bonds. The molecule has 4 atom stereocenters. The van der Waals surface area contributed by atoms with Crippen LogP contribution < -0.4 is 10.2 Å². The second-order valence-corrected chi connectivity index (χ2v) is 8.52. The highest BCUT2D eigenvalue weighted by molar-refractivity contribution is 6.02. The second kappa shape index (κ2) is 6.55. The molecule has 6 rings (SSSR count). The summed E-state index contributed by atoms with van der Waals surface area (Å²) >= 11 is 0. The first-order valence-corrected chi connectivity index (χ1v) is 10.5. The van der Waals surface area contributed by atoms with Crippen LogP contribution >= 0.6 is 0 Å². The van der Waals surface area contributed by atoms with Gasteiger partial charge in [0.05, 0.1) is 24.5 Å². The molecule has 0 saturated carbocycles. The lowest BCUT2D eigenvalue weighted by molar-refractivity contribution is -0.131. The summed E-state index contributed by atoms with van der Waals surface area (Å²) < 4.78 is 11.3. The summed E-state index contributed by atoms with van der Waals surface area (Å²) in [6, 6.07) is 9.82. The van der Waals surface area contributed by atoms with E-state index in [1.165, 1.54) is 0 Å². The van der Waals surface area contributed by atoms with Crippen LogP contribution in [0, 0.1) is 18.8 Å². The maximum Gasteiger partial charge on any atom is 0.235 e. The normalized spacial score (nSPS) is 28.6. The molecule has 0 radical (unpaired) electrons. The maximum atomic E-state index is 13.2. The predicted octanol–water partition coefficient (Wildman–Crippen LogP) is 2.11. The molecule has 3 aliphatic rings. The number of aromatic amines is 1. The van der Waals surface area contributed by atoms with E-state index in [1.807, 2.05) is 36.5 Å². The van der Waals surface area contributed by atoms with Crippen molar-refractivity contribution in [3.05, 3.63) is 60.0 Å². The number of carbonyl (C=O) groups is 2. The first kappa shape index (κ1) is 18.4. The number of aryl methyl sites for hydroxylation is 1. The molecule has 8 heteroatoms. The van der Waals surface area contributed by atoms with Crippen LogP contribution in [0.2, 0.25) is 0 Å². The first-order chi connectivity index (χ1) is 15.1. The van der Waals surface area contributed by atoms with Gasteiger partial charge in [-0.2, -0.15) is 0 Å². The third kappa shape index (κ3) is 2.68. The number of fused-ring (bicyclic) bond motifs is 2. The average molecular weight is 418 g/mol. The number of nitrogens with zero attached hydrogens (tertiary/aromatic N) is 2. The molecule has 2 saturated heterocycles. The molecule has 0 aliphatic carbocycles. The van der Waals surface area contributed by atoms with Gasteiger partial charge in [-0.25, -0.2) is 0 Å². The molecule has 5 heterocycles. The third-order valence-electron chi connectivity index (χ3n) is 6.66. The summed E-state index contributed by atoms with van der Waals surface area (Å²) in [7, 11) is 0. The number of benzene rings is 1. The fourth-order valence-electron chi connectivity index (χ4n) is 5.25. The minimum absolute atomic E-state index is 0.142. The number of rotatable bonds is 5. The van der Waals surface area contributed by atoms with Crippen molar-refractivity contribution in [3.63, 3.8) is 0 Å². The quantitative estimate of drug-likeness (QED) is 0.618. The highest BCUT2D eigenvalue weighted by Crippen LogP contribution is 2.52. The van der Waals surface area contributed by atoms with Crippen molar-refractivity contribution in [1.82, 2.24) is 15.5 Å². The Bertz CT molecular complexity index is 1230. The van der Waals surface area contributed by atoms with Gasteiger partial charge in [-0.15, -0.1) is 0 Å². The van der Waals surface area contributed by atoms with Gasteiger partial charge >= 0.3 is 0 Å². The Balaban J connectivity index is 1.18. The average Bonchev–Trinajstić information content (AvgIpc) is 3.56. The molecule has 2 bridgehead atoms. The molecule has 1 aromatic carbocycles. The number of para-hydroxylation sites is 1. The summed E-state index contributed by atoms with van der Waals surface area (Å²) in [5.41, 5.74) is 1.46. The van der Waals surface area contributed by atoms with Crippen molar-refractivity contribution in [1.29, 1.82) is 0 Å². The fraction of sp³-hybridized carbons (Fsp3) is 0.348. The molecule has 2 fully saturated rings. The number of nitrogens with one attached hydrogen (secondary N) is 2. The van der Waals surface area contributed by atoms with Gasteiger partial charge in [0.1, 0.15) is 11.4 Å². The molecule has 3 unspecified atom stereocenters. The monoisotopic (exact) mass is 418 g/mol. The number of carbonyl (C=O) groups excluding carboxylic acids is 2. The van der Waals surface area contributed by atoms with Gasteiger partial charge in [-0.1, -0.05) is 35.5 Å². The fourth-order valence-corrected chi connectivity index (χ4v) is 5.25. The van der Waals surface area contributed by atoms with Gasteiger partial charge in [0.15, 0.2) is 5.82 Å². The van der Waals surface area contributed by atoms with Gasteiger partial charge in [-0.05, 0) is 25.0 Å². The molecule has 3 aliphatic heterocycles. The summed E-state index contributed by atoms with van der Waals surface area (Å²) in [5.74, 6) is -0.287. The van der Waals surface area contributed by atoms with Gasteiger partial charge < -0.3 is 19.6 Å². The van der Waals surface area contributed by atoms with Crippen molar-refractivity contribution in [2.24, 2.45) is 11.8 Å². The molecule has 2 aromatic heterocycles. The standard InChI is InChI=1S/C23H22N4O4/c1-13-10-18(26-31-13)27-12-23-8-6-17(30-23)19(20(23)22(27)29)21(28)24-9-7-14-11-25-16-5-3-2-4-15(14)16/h2-6,8,10-11,17,19-20,25H,7,9,12H2,1H3,(H,24,28)/t17?,19?,20?,23-/m0/s1. The minimum Gasteiger partial charge on any atom is -0.361 e. The van der Waals surface area contributed by atoms with Crippen molar-refractivity contribution in [2.75, 3.05) is 18.0 Å². The summed E-state index contributed by atoms with van der Waals surface area (Å²) in [6.07, 6.45) is 6.16. The van der Waals surface area contributed by atoms with E-state index < -0.39 is 17.4 Å².